The first-order valence-corrected chi connectivity index (χ1v) is 12.2. The average Bonchev–Trinajstić information content (AvgIpc) is 3.50. The van der Waals surface area contributed by atoms with Crippen LogP contribution in [0.1, 0.15) is 57.8 Å². The van der Waals surface area contributed by atoms with Gasteiger partial charge in [0.15, 0.2) is 0 Å². The molecule has 0 spiro atoms. The predicted octanol–water partition coefficient (Wildman–Crippen LogP) is 3.65. The van der Waals surface area contributed by atoms with Crippen molar-refractivity contribution in [1.82, 2.24) is 0 Å². The molecule has 8 rings (SSSR count). The molecule has 4 saturated heterocycles. The fourth-order valence-corrected chi connectivity index (χ4v) is 6.64. The molecule has 0 radical (unpaired) electrons. The molecule has 3 aliphatic carbocycles. The van der Waals surface area contributed by atoms with Crippen molar-refractivity contribution in [3.63, 3.8) is 0 Å². The van der Waals surface area contributed by atoms with Crippen LogP contribution in [0.5, 0.6) is 0 Å². The summed E-state index contributed by atoms with van der Waals surface area (Å²) in [5.74, 6) is 2.29. The largest absolute Gasteiger partial charge is 0.375 e. The number of fused-ring (bicyclic) bond motifs is 7. The Morgan fingerprint density at radius 1 is 0.552 bits per heavy atom. The van der Waals surface area contributed by atoms with Crippen molar-refractivity contribution in [3.8, 4) is 0 Å². The molecule has 0 amide bonds. The molecule has 5 heteroatoms. The van der Waals surface area contributed by atoms with Crippen molar-refractivity contribution >= 4 is 0 Å². The molecule has 29 heavy (non-hydrogen) atoms. The number of epoxide rings is 2. The summed E-state index contributed by atoms with van der Waals surface area (Å²) in [4.78, 5) is 0. The van der Waals surface area contributed by atoms with Crippen molar-refractivity contribution < 1.29 is 23.7 Å². The highest BCUT2D eigenvalue weighted by atomic mass is 16.6. The molecule has 8 aliphatic rings. The van der Waals surface area contributed by atoms with E-state index in [1.165, 1.54) is 57.8 Å². The Kier molecular flexibility index (Phi) is 5.46. The lowest BCUT2D eigenvalue weighted by Gasteiger charge is -2.21. The Labute approximate surface area is 174 Å². The normalized spacial score (nSPS) is 52.4. The SMILES string of the molecule is C1=C[C@H]2CCC[C@@H]2OC1.C1C[C@@H]2[C@@H]3O[C@@H]3CO[C@H]2C1.C1C[C@@H]2[C@H]3O[C@H]3CO[C@H]2C1. The lowest BCUT2D eigenvalue weighted by molar-refractivity contribution is 0.00775. The molecular formula is C24H36O5. The summed E-state index contributed by atoms with van der Waals surface area (Å²) in [7, 11) is 0. The highest BCUT2D eigenvalue weighted by molar-refractivity contribution is 5.01. The van der Waals surface area contributed by atoms with Crippen LogP contribution >= 0.6 is 0 Å². The van der Waals surface area contributed by atoms with Crippen LogP contribution in [0.25, 0.3) is 0 Å². The number of hydrogen-bond acceptors (Lipinski definition) is 5. The number of rotatable bonds is 0. The zero-order valence-electron chi connectivity index (χ0n) is 17.5. The van der Waals surface area contributed by atoms with Gasteiger partial charge >= 0.3 is 0 Å². The summed E-state index contributed by atoms with van der Waals surface area (Å²) >= 11 is 0. The molecule has 5 nitrogen and oxygen atoms in total. The number of hydrogen-bond donors (Lipinski definition) is 0. The van der Waals surface area contributed by atoms with Crippen molar-refractivity contribution in [1.29, 1.82) is 0 Å². The molecule has 0 unspecified atom stereocenters. The van der Waals surface area contributed by atoms with Crippen molar-refractivity contribution in [2.24, 2.45) is 17.8 Å². The first-order valence-electron chi connectivity index (χ1n) is 12.2. The van der Waals surface area contributed by atoms with E-state index in [1.807, 2.05) is 0 Å². The summed E-state index contributed by atoms with van der Waals surface area (Å²) in [5.41, 5.74) is 0. The molecule has 3 saturated carbocycles. The summed E-state index contributed by atoms with van der Waals surface area (Å²) in [6.07, 6.45) is 20.3. The van der Waals surface area contributed by atoms with Gasteiger partial charge in [0.2, 0.25) is 0 Å². The van der Waals surface area contributed by atoms with Crippen LogP contribution in [-0.2, 0) is 23.7 Å². The fraction of sp³-hybridized carbons (Fsp3) is 0.917. The van der Waals surface area contributed by atoms with Crippen LogP contribution in [0.4, 0.5) is 0 Å². The third-order valence-corrected chi connectivity index (χ3v) is 8.34. The smallest absolute Gasteiger partial charge is 0.108 e. The summed E-state index contributed by atoms with van der Waals surface area (Å²) < 4.78 is 27.7. The van der Waals surface area contributed by atoms with Crippen LogP contribution in [0.2, 0.25) is 0 Å². The lowest BCUT2D eigenvalue weighted by Crippen LogP contribution is -2.31. The minimum atomic E-state index is 0.486. The monoisotopic (exact) mass is 404 g/mol. The lowest BCUT2D eigenvalue weighted by atomic mass is 9.97. The van der Waals surface area contributed by atoms with Gasteiger partial charge in [0.25, 0.3) is 0 Å². The van der Waals surface area contributed by atoms with Crippen LogP contribution in [-0.4, -0.2) is 62.5 Å². The van der Waals surface area contributed by atoms with Gasteiger partial charge in [0, 0.05) is 17.8 Å². The second-order valence-corrected chi connectivity index (χ2v) is 10.1. The van der Waals surface area contributed by atoms with E-state index in [1.54, 1.807) is 0 Å². The minimum Gasteiger partial charge on any atom is -0.375 e. The van der Waals surface area contributed by atoms with Crippen LogP contribution in [0.3, 0.4) is 0 Å². The van der Waals surface area contributed by atoms with Gasteiger partial charge in [-0.1, -0.05) is 31.4 Å². The summed E-state index contributed by atoms with van der Waals surface area (Å²) in [6, 6.07) is 0. The van der Waals surface area contributed by atoms with E-state index >= 15 is 0 Å². The summed E-state index contributed by atoms with van der Waals surface area (Å²) in [5, 5.41) is 0. The Morgan fingerprint density at radius 3 is 1.76 bits per heavy atom. The van der Waals surface area contributed by atoms with Gasteiger partial charge in [-0.3, -0.25) is 0 Å². The first kappa shape index (κ1) is 19.2. The maximum absolute atomic E-state index is 5.63. The third kappa shape index (κ3) is 4.06. The van der Waals surface area contributed by atoms with E-state index in [9.17, 15) is 0 Å². The quantitative estimate of drug-likeness (QED) is 0.456. The van der Waals surface area contributed by atoms with E-state index in [0.717, 1.165) is 37.6 Å². The molecule has 0 aromatic carbocycles. The van der Waals surface area contributed by atoms with Crippen LogP contribution in [0.15, 0.2) is 12.2 Å². The molecule has 0 aromatic rings. The van der Waals surface area contributed by atoms with Gasteiger partial charge in [0.1, 0.15) is 12.2 Å². The van der Waals surface area contributed by atoms with Crippen LogP contribution < -0.4 is 0 Å². The van der Waals surface area contributed by atoms with Gasteiger partial charge in [-0.2, -0.15) is 0 Å². The summed E-state index contributed by atoms with van der Waals surface area (Å²) in [6.45, 7) is 2.58. The van der Waals surface area contributed by atoms with Crippen molar-refractivity contribution in [2.45, 2.75) is 101 Å². The van der Waals surface area contributed by atoms with E-state index in [-0.39, 0.29) is 0 Å². The Morgan fingerprint density at radius 2 is 1.14 bits per heavy atom. The topological polar surface area (TPSA) is 52.8 Å². The highest BCUT2D eigenvalue weighted by Gasteiger charge is 2.54. The molecular weight excluding hydrogens is 368 g/mol. The molecule has 0 aromatic heterocycles. The zero-order valence-corrected chi connectivity index (χ0v) is 17.5. The average molecular weight is 405 g/mol. The standard InChI is InChI=1S/2C8H12O2.C8H12O/c2*1-2-5-6(3-1)9-4-7-8(5)10-7;1-3-7-4-2-6-9-8(7)5-1/h2*5-8H,1-4H2;2,4,7-8H,1,3,5-6H2/t5-,6-,7+,8-;5-,6-,7-,8+;7-,8+/m001/s1. The number of ether oxygens (including phenoxy) is 5. The molecule has 162 valence electrons. The maximum atomic E-state index is 5.63. The van der Waals surface area contributed by atoms with Gasteiger partial charge < -0.3 is 23.7 Å². The zero-order chi connectivity index (χ0) is 19.2. The maximum Gasteiger partial charge on any atom is 0.108 e. The first-order chi connectivity index (χ1) is 14.4. The predicted molar refractivity (Wildman–Crippen MR) is 108 cm³/mol. The third-order valence-electron chi connectivity index (χ3n) is 8.34. The van der Waals surface area contributed by atoms with Gasteiger partial charge in [-0.05, 0) is 38.5 Å². The van der Waals surface area contributed by atoms with Gasteiger partial charge in [-0.15, -0.1) is 0 Å². The highest BCUT2D eigenvalue weighted by Crippen LogP contribution is 2.45. The Bertz CT molecular complexity index is 572. The van der Waals surface area contributed by atoms with E-state index in [2.05, 4.69) is 12.2 Å². The molecule has 5 heterocycles. The van der Waals surface area contributed by atoms with E-state index in [4.69, 9.17) is 23.7 Å². The molecule has 0 N–H and O–H groups in total. The minimum absolute atomic E-state index is 0.486. The fourth-order valence-electron chi connectivity index (χ4n) is 6.64. The van der Waals surface area contributed by atoms with E-state index < -0.39 is 0 Å². The molecule has 5 aliphatic heterocycles. The van der Waals surface area contributed by atoms with Crippen molar-refractivity contribution in [2.75, 3.05) is 19.8 Å². The second kappa shape index (κ2) is 8.23. The van der Waals surface area contributed by atoms with Gasteiger partial charge in [0.05, 0.1) is 50.3 Å². The second-order valence-electron chi connectivity index (χ2n) is 10.1. The van der Waals surface area contributed by atoms with Gasteiger partial charge in [-0.25, -0.2) is 0 Å². The molecule has 7 fully saturated rings. The Balaban J connectivity index is 0.0000000856. The molecule has 10 atom stereocenters. The molecule has 0 bridgehead atoms. The Hall–Kier alpha value is -0.460. The van der Waals surface area contributed by atoms with E-state index in [0.29, 0.717) is 42.7 Å². The van der Waals surface area contributed by atoms with Crippen molar-refractivity contribution in [3.05, 3.63) is 12.2 Å². The van der Waals surface area contributed by atoms with Crippen LogP contribution in [0, 0.1) is 17.8 Å².